The zero-order valence-electron chi connectivity index (χ0n) is 10.3. The van der Waals surface area contributed by atoms with Gasteiger partial charge in [-0.05, 0) is 27.0 Å². The van der Waals surface area contributed by atoms with Crippen LogP contribution in [0.15, 0.2) is 17.6 Å². The van der Waals surface area contributed by atoms with Crippen LogP contribution in [0, 0.1) is 13.8 Å². The zero-order valence-corrected chi connectivity index (χ0v) is 11.1. The van der Waals surface area contributed by atoms with Gasteiger partial charge in [-0.1, -0.05) is 0 Å². The molecule has 0 saturated carbocycles. The van der Waals surface area contributed by atoms with E-state index in [9.17, 15) is 0 Å². The van der Waals surface area contributed by atoms with Crippen LogP contribution in [0.1, 0.15) is 28.3 Å². The molecule has 0 bridgehead atoms. The van der Waals surface area contributed by atoms with Crippen molar-refractivity contribution in [3.8, 4) is 0 Å². The first kappa shape index (κ1) is 12.1. The first-order chi connectivity index (χ1) is 8.19. The summed E-state index contributed by atoms with van der Waals surface area (Å²) in [5.74, 6) is 0.804. The molecule has 2 rings (SSSR count). The largest absolute Gasteiger partial charge is 0.311 e. The number of likely N-dealkylation sites (N-methyl/N-ethyl adjacent to an activating group) is 1. The predicted molar refractivity (Wildman–Crippen MR) is 69.1 cm³/mol. The second-order valence-corrected chi connectivity index (χ2v) is 4.90. The minimum Gasteiger partial charge on any atom is -0.311 e. The summed E-state index contributed by atoms with van der Waals surface area (Å²) in [4.78, 5) is 13.0. The lowest BCUT2D eigenvalue weighted by atomic mass is 10.1. The summed E-state index contributed by atoms with van der Waals surface area (Å²) >= 11 is 1.70. The van der Waals surface area contributed by atoms with Crippen LogP contribution in [-0.2, 0) is 6.42 Å². The second-order valence-electron chi connectivity index (χ2n) is 3.96. The maximum absolute atomic E-state index is 4.48. The Bertz CT molecular complexity index is 495. The molecule has 0 saturated heterocycles. The molecule has 0 fully saturated rings. The van der Waals surface area contributed by atoms with Gasteiger partial charge in [0.1, 0.15) is 5.82 Å². The van der Waals surface area contributed by atoms with Crippen LogP contribution in [0.25, 0.3) is 0 Å². The van der Waals surface area contributed by atoms with E-state index in [0.717, 1.165) is 28.6 Å². The number of nitrogens with zero attached hydrogens (tertiary/aromatic N) is 3. The lowest BCUT2D eigenvalue weighted by Crippen LogP contribution is -2.20. The molecule has 4 nitrogen and oxygen atoms in total. The van der Waals surface area contributed by atoms with Crippen LogP contribution in [0.2, 0.25) is 0 Å². The molecule has 5 heteroatoms. The lowest BCUT2D eigenvalue weighted by molar-refractivity contribution is 0.570. The van der Waals surface area contributed by atoms with Gasteiger partial charge in [0.15, 0.2) is 0 Å². The predicted octanol–water partition coefficient (Wildman–Crippen LogP) is 2.05. The average Bonchev–Trinajstić information content (AvgIpc) is 2.72. The van der Waals surface area contributed by atoms with Crippen molar-refractivity contribution in [2.75, 3.05) is 7.05 Å². The lowest BCUT2D eigenvalue weighted by Gasteiger charge is -2.14. The Balaban J connectivity index is 2.16. The highest BCUT2D eigenvalue weighted by Crippen LogP contribution is 2.18. The van der Waals surface area contributed by atoms with Crippen molar-refractivity contribution in [3.05, 3.63) is 39.9 Å². The highest BCUT2D eigenvalue weighted by Gasteiger charge is 2.13. The highest BCUT2D eigenvalue weighted by molar-refractivity contribution is 7.09. The molecule has 0 aliphatic heterocycles. The fourth-order valence-corrected chi connectivity index (χ4v) is 2.51. The van der Waals surface area contributed by atoms with E-state index in [1.165, 1.54) is 0 Å². The summed E-state index contributed by atoms with van der Waals surface area (Å²) in [5.41, 5.74) is 2.10. The van der Waals surface area contributed by atoms with E-state index in [1.54, 1.807) is 17.5 Å². The third kappa shape index (κ3) is 3.08. The Morgan fingerprint density at radius 2 is 2.18 bits per heavy atom. The molecule has 90 valence electrons. The summed E-state index contributed by atoms with van der Waals surface area (Å²) in [6.07, 6.45) is 2.67. The molecule has 17 heavy (non-hydrogen) atoms. The van der Waals surface area contributed by atoms with Gasteiger partial charge in [0.2, 0.25) is 0 Å². The minimum atomic E-state index is 0.197. The van der Waals surface area contributed by atoms with Crippen molar-refractivity contribution < 1.29 is 0 Å². The molecule has 0 spiro atoms. The Morgan fingerprint density at radius 3 is 2.76 bits per heavy atom. The maximum Gasteiger partial charge on any atom is 0.125 e. The van der Waals surface area contributed by atoms with Crippen molar-refractivity contribution in [1.82, 2.24) is 20.3 Å². The quantitative estimate of drug-likeness (QED) is 0.899. The van der Waals surface area contributed by atoms with Crippen molar-refractivity contribution in [2.24, 2.45) is 0 Å². The van der Waals surface area contributed by atoms with E-state index in [0.29, 0.717) is 0 Å². The number of hydrogen-bond donors (Lipinski definition) is 1. The highest BCUT2D eigenvalue weighted by atomic mass is 32.1. The molecule has 1 atom stereocenters. The van der Waals surface area contributed by atoms with Crippen molar-refractivity contribution >= 4 is 11.3 Å². The third-order valence-electron chi connectivity index (χ3n) is 2.55. The summed E-state index contributed by atoms with van der Waals surface area (Å²) in [5, 5.41) is 6.49. The normalized spacial score (nSPS) is 12.6. The molecule has 0 radical (unpaired) electrons. The second kappa shape index (κ2) is 5.33. The summed E-state index contributed by atoms with van der Waals surface area (Å²) < 4.78 is 0. The summed E-state index contributed by atoms with van der Waals surface area (Å²) in [6, 6.07) is 2.15. The summed E-state index contributed by atoms with van der Waals surface area (Å²) in [7, 11) is 1.95. The summed E-state index contributed by atoms with van der Waals surface area (Å²) in [6.45, 7) is 3.92. The van der Waals surface area contributed by atoms with E-state index < -0.39 is 0 Å². The molecule has 2 heterocycles. The molecule has 0 aliphatic rings. The van der Waals surface area contributed by atoms with E-state index in [2.05, 4.69) is 25.6 Å². The molecule has 2 aromatic heterocycles. The standard InChI is InChI=1S/C12H16N4S/c1-8-7-17-12(15-8)6-11(13-3)10-4-5-14-9(2)16-10/h4-5,7,11,13H,6H2,1-3H3. The number of aryl methyl sites for hydroxylation is 2. The maximum atomic E-state index is 4.48. The number of aromatic nitrogens is 3. The van der Waals surface area contributed by atoms with Crippen molar-refractivity contribution in [1.29, 1.82) is 0 Å². The molecule has 1 N–H and O–H groups in total. The minimum absolute atomic E-state index is 0.197. The smallest absolute Gasteiger partial charge is 0.125 e. The molecular weight excluding hydrogens is 232 g/mol. The van der Waals surface area contributed by atoms with Gasteiger partial charge in [-0.3, -0.25) is 0 Å². The Morgan fingerprint density at radius 1 is 1.35 bits per heavy atom. The Hall–Kier alpha value is -1.33. The number of hydrogen-bond acceptors (Lipinski definition) is 5. The Labute approximate surface area is 105 Å². The molecule has 0 amide bonds. The van der Waals surface area contributed by atoms with Gasteiger partial charge in [-0.2, -0.15) is 0 Å². The molecular formula is C12H16N4S. The van der Waals surface area contributed by atoms with Gasteiger partial charge in [0.05, 0.1) is 16.7 Å². The molecule has 1 unspecified atom stereocenters. The molecule has 2 aromatic rings. The van der Waals surface area contributed by atoms with E-state index >= 15 is 0 Å². The fraction of sp³-hybridized carbons (Fsp3) is 0.417. The van der Waals surface area contributed by atoms with Gasteiger partial charge in [-0.25, -0.2) is 15.0 Å². The van der Waals surface area contributed by atoms with E-state index in [4.69, 9.17) is 0 Å². The van der Waals surface area contributed by atoms with Gasteiger partial charge in [-0.15, -0.1) is 11.3 Å². The van der Waals surface area contributed by atoms with Crippen molar-refractivity contribution in [3.63, 3.8) is 0 Å². The zero-order chi connectivity index (χ0) is 12.3. The first-order valence-electron chi connectivity index (χ1n) is 5.57. The van der Waals surface area contributed by atoms with E-state index in [-0.39, 0.29) is 6.04 Å². The molecule has 0 aromatic carbocycles. The van der Waals surface area contributed by atoms with Gasteiger partial charge >= 0.3 is 0 Å². The van der Waals surface area contributed by atoms with Crippen LogP contribution < -0.4 is 5.32 Å². The first-order valence-corrected chi connectivity index (χ1v) is 6.45. The Kier molecular flexibility index (Phi) is 3.81. The van der Waals surface area contributed by atoms with Gasteiger partial charge in [0, 0.05) is 23.7 Å². The number of thiazole rings is 1. The monoisotopic (exact) mass is 248 g/mol. The van der Waals surface area contributed by atoms with Gasteiger partial charge in [0.25, 0.3) is 0 Å². The van der Waals surface area contributed by atoms with Gasteiger partial charge < -0.3 is 5.32 Å². The fourth-order valence-electron chi connectivity index (χ4n) is 1.69. The third-order valence-corrected chi connectivity index (χ3v) is 3.54. The topological polar surface area (TPSA) is 50.7 Å². The molecule has 0 aliphatic carbocycles. The van der Waals surface area contributed by atoms with Crippen LogP contribution in [0.3, 0.4) is 0 Å². The average molecular weight is 248 g/mol. The van der Waals surface area contributed by atoms with Crippen LogP contribution in [0.4, 0.5) is 0 Å². The van der Waals surface area contributed by atoms with Crippen LogP contribution >= 0.6 is 11.3 Å². The SMILES string of the molecule is CNC(Cc1nc(C)cs1)c1ccnc(C)n1. The van der Waals surface area contributed by atoms with Crippen LogP contribution in [0.5, 0.6) is 0 Å². The van der Waals surface area contributed by atoms with E-state index in [1.807, 2.05) is 27.0 Å². The number of nitrogens with one attached hydrogen (secondary N) is 1. The number of rotatable bonds is 4. The van der Waals surface area contributed by atoms with Crippen molar-refractivity contribution in [2.45, 2.75) is 26.3 Å². The van der Waals surface area contributed by atoms with Crippen LogP contribution in [-0.4, -0.2) is 22.0 Å².